The minimum atomic E-state index is 0.0965. The van der Waals surface area contributed by atoms with Crippen molar-refractivity contribution in [2.24, 2.45) is 4.99 Å². The summed E-state index contributed by atoms with van der Waals surface area (Å²) in [5.41, 5.74) is 5.36. The topological polar surface area (TPSA) is 70.5 Å². The zero-order valence-corrected chi connectivity index (χ0v) is 15.8. The number of phenolic OH excluding ortho intramolecular Hbond substituents is 1. The van der Waals surface area contributed by atoms with Crippen LogP contribution >= 0.6 is 0 Å². The van der Waals surface area contributed by atoms with Gasteiger partial charge in [0.25, 0.3) is 0 Å². The number of imidazole rings is 1. The Labute approximate surface area is 163 Å². The molecule has 3 aromatic carbocycles. The van der Waals surface area contributed by atoms with Gasteiger partial charge >= 0.3 is 0 Å². The second kappa shape index (κ2) is 7.56. The van der Waals surface area contributed by atoms with Crippen molar-refractivity contribution in [1.82, 2.24) is 9.97 Å². The number of H-pyrrole nitrogens is 1. The number of nitrogens with one attached hydrogen (secondary N) is 1. The molecular formula is C23H21N3O2. The van der Waals surface area contributed by atoms with Gasteiger partial charge in [-0.25, -0.2) is 4.98 Å². The maximum Gasteiger partial charge on any atom is 0.166 e. The predicted octanol–water partition coefficient (Wildman–Crippen LogP) is 5.39. The Morgan fingerprint density at radius 3 is 2.79 bits per heavy atom. The van der Waals surface area contributed by atoms with Gasteiger partial charge < -0.3 is 14.8 Å². The first kappa shape index (κ1) is 17.8. The Morgan fingerprint density at radius 2 is 1.96 bits per heavy atom. The third kappa shape index (κ3) is 3.47. The minimum absolute atomic E-state index is 0.0965. The van der Waals surface area contributed by atoms with Gasteiger partial charge in [0.2, 0.25) is 0 Å². The number of hydrogen-bond acceptors (Lipinski definition) is 4. The summed E-state index contributed by atoms with van der Waals surface area (Å²) in [6.45, 7) is 4.38. The normalized spacial score (nSPS) is 11.4. The summed E-state index contributed by atoms with van der Waals surface area (Å²) < 4.78 is 5.43. The number of rotatable bonds is 5. The maximum atomic E-state index is 10.3. The quantitative estimate of drug-likeness (QED) is 0.462. The third-order valence-corrected chi connectivity index (χ3v) is 4.54. The van der Waals surface area contributed by atoms with Crippen molar-refractivity contribution in [2.75, 3.05) is 6.61 Å². The van der Waals surface area contributed by atoms with E-state index in [1.165, 1.54) is 0 Å². The van der Waals surface area contributed by atoms with Gasteiger partial charge in [-0.1, -0.05) is 30.3 Å². The number of para-hydroxylation sites is 3. The van der Waals surface area contributed by atoms with Crippen molar-refractivity contribution in [1.29, 1.82) is 0 Å². The molecule has 0 unspecified atom stereocenters. The number of phenols is 1. The van der Waals surface area contributed by atoms with Gasteiger partial charge in [-0.15, -0.1) is 0 Å². The lowest BCUT2D eigenvalue weighted by molar-refractivity contribution is 0.318. The average molecular weight is 371 g/mol. The molecule has 0 aliphatic heterocycles. The average Bonchev–Trinajstić information content (AvgIpc) is 3.14. The molecule has 5 nitrogen and oxygen atoms in total. The zero-order chi connectivity index (χ0) is 19.5. The summed E-state index contributed by atoms with van der Waals surface area (Å²) in [5.74, 6) is 1.36. The standard InChI is InChI=1S/C23H21N3O2/c1-3-28-21-10-6-7-17(22(21)27)14-24-20-13-16(12-11-15(20)2)23-25-18-8-4-5-9-19(18)26-23/h4-14,27H,3H2,1-2H3,(H,25,26). The molecule has 0 spiro atoms. The fraction of sp³-hybridized carbons (Fsp3) is 0.130. The molecular weight excluding hydrogens is 350 g/mol. The number of aromatic nitrogens is 2. The molecule has 0 atom stereocenters. The van der Waals surface area contributed by atoms with E-state index in [4.69, 9.17) is 4.74 Å². The number of aliphatic imine (C=N–C) groups is 1. The van der Waals surface area contributed by atoms with E-state index >= 15 is 0 Å². The molecule has 0 aliphatic rings. The molecule has 2 N–H and O–H groups in total. The molecule has 0 saturated carbocycles. The number of aromatic hydroxyl groups is 1. The van der Waals surface area contributed by atoms with Crippen molar-refractivity contribution < 1.29 is 9.84 Å². The van der Waals surface area contributed by atoms with Crippen molar-refractivity contribution in [3.63, 3.8) is 0 Å². The Hall–Kier alpha value is -3.60. The van der Waals surface area contributed by atoms with Crippen LogP contribution in [0.4, 0.5) is 5.69 Å². The molecule has 1 heterocycles. The van der Waals surface area contributed by atoms with Crippen molar-refractivity contribution >= 4 is 22.9 Å². The molecule has 0 amide bonds. The number of ether oxygens (including phenoxy) is 1. The van der Waals surface area contributed by atoms with Crippen molar-refractivity contribution in [3.05, 3.63) is 71.8 Å². The second-order valence-corrected chi connectivity index (χ2v) is 6.49. The first-order valence-corrected chi connectivity index (χ1v) is 9.20. The summed E-state index contributed by atoms with van der Waals surface area (Å²) in [5, 5.41) is 10.3. The molecule has 0 bridgehead atoms. The molecule has 0 radical (unpaired) electrons. The van der Waals surface area contributed by atoms with Crippen LogP contribution in [0.15, 0.2) is 65.7 Å². The molecule has 140 valence electrons. The highest BCUT2D eigenvalue weighted by atomic mass is 16.5. The molecule has 1 aromatic heterocycles. The van der Waals surface area contributed by atoms with Crippen LogP contribution in [0.5, 0.6) is 11.5 Å². The van der Waals surface area contributed by atoms with E-state index < -0.39 is 0 Å². The first-order chi connectivity index (χ1) is 13.7. The SMILES string of the molecule is CCOc1cccc(C=Nc2cc(-c3nc4ccccc4[nH]3)ccc2C)c1O. The molecule has 4 aromatic rings. The fourth-order valence-electron chi connectivity index (χ4n) is 3.04. The van der Waals surface area contributed by atoms with Gasteiger partial charge in [0, 0.05) is 17.3 Å². The number of hydrogen-bond donors (Lipinski definition) is 2. The van der Waals surface area contributed by atoms with E-state index in [1.807, 2.05) is 62.4 Å². The highest BCUT2D eigenvalue weighted by Crippen LogP contribution is 2.30. The van der Waals surface area contributed by atoms with Crippen molar-refractivity contribution in [3.8, 4) is 22.9 Å². The van der Waals surface area contributed by atoms with Crippen molar-refractivity contribution in [2.45, 2.75) is 13.8 Å². The Morgan fingerprint density at radius 1 is 1.11 bits per heavy atom. The summed E-state index contributed by atoms with van der Waals surface area (Å²) in [6.07, 6.45) is 1.66. The molecule has 4 rings (SSSR count). The highest BCUT2D eigenvalue weighted by Gasteiger charge is 2.08. The Kier molecular flexibility index (Phi) is 4.81. The van der Waals surface area contributed by atoms with E-state index in [2.05, 4.69) is 15.0 Å². The molecule has 0 saturated heterocycles. The number of nitrogens with zero attached hydrogens (tertiary/aromatic N) is 2. The minimum Gasteiger partial charge on any atom is -0.504 e. The maximum absolute atomic E-state index is 10.3. The largest absolute Gasteiger partial charge is 0.504 e. The van der Waals surface area contributed by atoms with E-state index in [9.17, 15) is 5.11 Å². The van der Waals surface area contributed by atoms with E-state index in [0.29, 0.717) is 17.9 Å². The fourth-order valence-corrected chi connectivity index (χ4v) is 3.04. The number of benzene rings is 3. The van der Waals surface area contributed by atoms with Crippen LogP contribution in [0.3, 0.4) is 0 Å². The summed E-state index contributed by atoms with van der Waals surface area (Å²) in [4.78, 5) is 12.6. The number of fused-ring (bicyclic) bond motifs is 1. The van der Waals surface area contributed by atoms with Crippen LogP contribution in [0.25, 0.3) is 22.4 Å². The second-order valence-electron chi connectivity index (χ2n) is 6.49. The smallest absolute Gasteiger partial charge is 0.166 e. The van der Waals surface area contributed by atoms with E-state index in [-0.39, 0.29) is 5.75 Å². The summed E-state index contributed by atoms with van der Waals surface area (Å²) in [6, 6.07) is 19.4. The lowest BCUT2D eigenvalue weighted by atomic mass is 10.1. The lowest BCUT2D eigenvalue weighted by Crippen LogP contribution is -1.93. The van der Waals surface area contributed by atoms with Crippen LogP contribution in [-0.2, 0) is 0 Å². The monoisotopic (exact) mass is 371 g/mol. The number of aryl methyl sites for hydroxylation is 1. The van der Waals surface area contributed by atoms with Gasteiger partial charge in [-0.2, -0.15) is 0 Å². The van der Waals surface area contributed by atoms with Crippen LogP contribution < -0.4 is 4.74 Å². The molecule has 28 heavy (non-hydrogen) atoms. The zero-order valence-electron chi connectivity index (χ0n) is 15.8. The van der Waals surface area contributed by atoms with E-state index in [0.717, 1.165) is 33.7 Å². The van der Waals surface area contributed by atoms with Crippen LogP contribution in [-0.4, -0.2) is 27.9 Å². The van der Waals surface area contributed by atoms with Gasteiger partial charge in [0.05, 0.1) is 23.3 Å². The molecule has 0 fully saturated rings. The van der Waals surface area contributed by atoms with Gasteiger partial charge in [0.1, 0.15) is 5.82 Å². The summed E-state index contributed by atoms with van der Waals surface area (Å²) >= 11 is 0. The highest BCUT2D eigenvalue weighted by molar-refractivity contribution is 5.87. The van der Waals surface area contributed by atoms with E-state index in [1.54, 1.807) is 18.3 Å². The van der Waals surface area contributed by atoms with Gasteiger partial charge in [-0.05, 0) is 49.7 Å². The van der Waals surface area contributed by atoms with Crippen LogP contribution in [0.1, 0.15) is 18.1 Å². The van der Waals surface area contributed by atoms with Gasteiger partial charge in [-0.3, -0.25) is 4.99 Å². The van der Waals surface area contributed by atoms with Gasteiger partial charge in [0.15, 0.2) is 11.5 Å². The predicted molar refractivity (Wildman–Crippen MR) is 113 cm³/mol. The Bertz CT molecular complexity index is 1130. The van der Waals surface area contributed by atoms with Crippen LogP contribution in [0.2, 0.25) is 0 Å². The molecule has 5 heteroatoms. The van der Waals surface area contributed by atoms with Crippen LogP contribution in [0, 0.1) is 6.92 Å². The summed E-state index contributed by atoms with van der Waals surface area (Å²) in [7, 11) is 0. The third-order valence-electron chi connectivity index (χ3n) is 4.54. The Balaban J connectivity index is 1.68. The first-order valence-electron chi connectivity index (χ1n) is 9.20. The molecule has 0 aliphatic carbocycles. The lowest BCUT2D eigenvalue weighted by Gasteiger charge is -2.07. The number of aromatic amines is 1.